The van der Waals surface area contributed by atoms with Crippen LogP contribution in [0.25, 0.3) is 0 Å². The number of nitrogens with one attached hydrogen (secondary N) is 1. The van der Waals surface area contributed by atoms with Crippen molar-refractivity contribution in [3.05, 3.63) is 53.6 Å². The highest BCUT2D eigenvalue weighted by Gasteiger charge is 2.12. The Bertz CT molecular complexity index is 650. The molecule has 2 aromatic carbocycles. The molecule has 5 nitrogen and oxygen atoms in total. The van der Waals surface area contributed by atoms with Crippen LogP contribution in [0.3, 0.4) is 0 Å². The number of anilines is 1. The van der Waals surface area contributed by atoms with E-state index >= 15 is 0 Å². The van der Waals surface area contributed by atoms with Crippen LogP contribution in [-0.2, 0) is 4.79 Å². The minimum atomic E-state index is -0.131. The predicted octanol–water partition coefficient (Wildman–Crippen LogP) is 2.50. The Morgan fingerprint density at radius 3 is 2.14 bits per heavy atom. The maximum Gasteiger partial charge on any atom is 0.211 e. The lowest BCUT2D eigenvalue weighted by Crippen LogP contribution is -2.03. The number of hydrogen-bond acceptors (Lipinski definition) is 4. The highest BCUT2D eigenvalue weighted by molar-refractivity contribution is 6.09. The molecule has 108 valence electrons. The standard InChI is InChI=1S/C16H15NO4/c1-20-14-8-5-12(9-15(14)21-2)16(19)11-3-6-13(7-4-11)17-10-18/h3-10H,1-2H3,(H,17,18). The van der Waals surface area contributed by atoms with Crippen molar-refractivity contribution in [1.82, 2.24) is 0 Å². The maximum absolute atomic E-state index is 12.4. The summed E-state index contributed by atoms with van der Waals surface area (Å²) in [4.78, 5) is 22.7. The first-order chi connectivity index (χ1) is 10.2. The van der Waals surface area contributed by atoms with Gasteiger partial charge in [-0.3, -0.25) is 9.59 Å². The molecule has 0 fully saturated rings. The smallest absolute Gasteiger partial charge is 0.211 e. The van der Waals surface area contributed by atoms with E-state index in [1.54, 1.807) is 42.5 Å². The first-order valence-electron chi connectivity index (χ1n) is 6.26. The zero-order valence-electron chi connectivity index (χ0n) is 11.8. The Labute approximate surface area is 122 Å². The van der Waals surface area contributed by atoms with E-state index in [0.717, 1.165) is 0 Å². The summed E-state index contributed by atoms with van der Waals surface area (Å²) in [7, 11) is 3.06. The van der Waals surface area contributed by atoms with E-state index in [1.807, 2.05) is 0 Å². The third-order valence-corrected chi connectivity index (χ3v) is 3.02. The van der Waals surface area contributed by atoms with Crippen molar-refractivity contribution in [2.75, 3.05) is 19.5 Å². The van der Waals surface area contributed by atoms with Gasteiger partial charge < -0.3 is 14.8 Å². The van der Waals surface area contributed by atoms with Gasteiger partial charge in [-0.15, -0.1) is 0 Å². The fourth-order valence-electron chi connectivity index (χ4n) is 1.93. The highest BCUT2D eigenvalue weighted by atomic mass is 16.5. The van der Waals surface area contributed by atoms with Crippen LogP contribution < -0.4 is 14.8 Å². The lowest BCUT2D eigenvalue weighted by molar-refractivity contribution is -0.105. The van der Waals surface area contributed by atoms with Gasteiger partial charge in [0.25, 0.3) is 0 Å². The molecule has 0 aliphatic rings. The summed E-state index contributed by atoms with van der Waals surface area (Å²) in [6.07, 6.45) is 0.588. The molecule has 0 spiro atoms. The van der Waals surface area contributed by atoms with Crippen LogP contribution in [-0.4, -0.2) is 26.4 Å². The monoisotopic (exact) mass is 285 g/mol. The fraction of sp³-hybridized carbons (Fsp3) is 0.125. The SMILES string of the molecule is COc1ccc(C(=O)c2ccc(NC=O)cc2)cc1OC. The average molecular weight is 285 g/mol. The van der Waals surface area contributed by atoms with E-state index in [2.05, 4.69) is 5.32 Å². The molecule has 1 amide bonds. The number of rotatable bonds is 6. The molecule has 0 aliphatic carbocycles. The van der Waals surface area contributed by atoms with Crippen LogP contribution in [0.4, 0.5) is 5.69 Å². The number of ketones is 1. The lowest BCUT2D eigenvalue weighted by Gasteiger charge is -2.09. The van der Waals surface area contributed by atoms with Crippen molar-refractivity contribution in [2.45, 2.75) is 0 Å². The summed E-state index contributed by atoms with van der Waals surface area (Å²) in [5.41, 5.74) is 1.66. The molecule has 0 heterocycles. The highest BCUT2D eigenvalue weighted by Crippen LogP contribution is 2.28. The zero-order chi connectivity index (χ0) is 15.2. The van der Waals surface area contributed by atoms with Gasteiger partial charge >= 0.3 is 0 Å². The van der Waals surface area contributed by atoms with Crippen LogP contribution in [0, 0.1) is 0 Å². The second-order valence-corrected chi connectivity index (χ2v) is 4.24. The molecular weight excluding hydrogens is 270 g/mol. The fourth-order valence-corrected chi connectivity index (χ4v) is 1.93. The van der Waals surface area contributed by atoms with Gasteiger partial charge in [0.05, 0.1) is 14.2 Å². The molecule has 2 rings (SSSR count). The molecule has 0 aliphatic heterocycles. The van der Waals surface area contributed by atoms with E-state index in [4.69, 9.17) is 9.47 Å². The third kappa shape index (κ3) is 3.20. The number of amides is 1. The summed E-state index contributed by atoms with van der Waals surface area (Å²) in [6, 6.07) is 11.7. The van der Waals surface area contributed by atoms with Gasteiger partial charge in [-0.1, -0.05) is 0 Å². The van der Waals surface area contributed by atoms with Crippen LogP contribution in [0.1, 0.15) is 15.9 Å². The Morgan fingerprint density at radius 1 is 0.952 bits per heavy atom. The molecule has 0 radical (unpaired) electrons. The molecule has 1 N–H and O–H groups in total. The minimum Gasteiger partial charge on any atom is -0.493 e. The van der Waals surface area contributed by atoms with Crippen LogP contribution >= 0.6 is 0 Å². The Kier molecular flexibility index (Phi) is 4.56. The summed E-state index contributed by atoms with van der Waals surface area (Å²) in [5.74, 6) is 0.941. The number of benzene rings is 2. The van der Waals surface area contributed by atoms with E-state index in [0.29, 0.717) is 34.7 Å². The molecular formula is C16H15NO4. The van der Waals surface area contributed by atoms with Gasteiger partial charge in [-0.05, 0) is 42.5 Å². The molecule has 0 bridgehead atoms. The second-order valence-electron chi connectivity index (χ2n) is 4.24. The first-order valence-corrected chi connectivity index (χ1v) is 6.26. The van der Waals surface area contributed by atoms with E-state index < -0.39 is 0 Å². The number of ether oxygens (including phenoxy) is 2. The number of hydrogen-bond donors (Lipinski definition) is 1. The molecule has 0 saturated heterocycles. The van der Waals surface area contributed by atoms with E-state index in [-0.39, 0.29) is 5.78 Å². The molecule has 0 unspecified atom stereocenters. The van der Waals surface area contributed by atoms with Crippen molar-refractivity contribution in [2.24, 2.45) is 0 Å². The second kappa shape index (κ2) is 6.56. The number of carbonyl (C=O) groups excluding carboxylic acids is 2. The topological polar surface area (TPSA) is 64.6 Å². The Hall–Kier alpha value is -2.82. The van der Waals surface area contributed by atoms with Crippen molar-refractivity contribution >= 4 is 17.9 Å². The average Bonchev–Trinajstić information content (AvgIpc) is 2.54. The van der Waals surface area contributed by atoms with Crippen LogP contribution in [0.15, 0.2) is 42.5 Å². The van der Waals surface area contributed by atoms with E-state index in [9.17, 15) is 9.59 Å². The summed E-state index contributed by atoms with van der Waals surface area (Å²) >= 11 is 0. The van der Waals surface area contributed by atoms with Gasteiger partial charge in [-0.2, -0.15) is 0 Å². The summed E-state index contributed by atoms with van der Waals surface area (Å²) in [5, 5.41) is 2.52. The molecule has 5 heteroatoms. The zero-order valence-corrected chi connectivity index (χ0v) is 11.8. The normalized spacial score (nSPS) is 9.81. The number of carbonyl (C=O) groups is 2. The van der Waals surface area contributed by atoms with Crippen molar-refractivity contribution in [1.29, 1.82) is 0 Å². The Morgan fingerprint density at radius 2 is 1.57 bits per heavy atom. The predicted molar refractivity (Wildman–Crippen MR) is 79.1 cm³/mol. The van der Waals surface area contributed by atoms with Crippen molar-refractivity contribution in [3.63, 3.8) is 0 Å². The van der Waals surface area contributed by atoms with Crippen molar-refractivity contribution < 1.29 is 19.1 Å². The van der Waals surface area contributed by atoms with Gasteiger partial charge in [0.15, 0.2) is 17.3 Å². The largest absolute Gasteiger partial charge is 0.493 e. The number of methoxy groups -OCH3 is 2. The molecule has 2 aromatic rings. The minimum absolute atomic E-state index is 0.131. The summed E-state index contributed by atoms with van der Waals surface area (Å²) < 4.78 is 10.3. The quantitative estimate of drug-likeness (QED) is 0.654. The first kappa shape index (κ1) is 14.6. The molecule has 0 atom stereocenters. The van der Waals surface area contributed by atoms with Gasteiger partial charge in [0.2, 0.25) is 6.41 Å². The summed E-state index contributed by atoms with van der Waals surface area (Å²) in [6.45, 7) is 0. The van der Waals surface area contributed by atoms with Crippen LogP contribution in [0.2, 0.25) is 0 Å². The van der Waals surface area contributed by atoms with E-state index in [1.165, 1.54) is 14.2 Å². The van der Waals surface area contributed by atoms with Crippen LogP contribution in [0.5, 0.6) is 11.5 Å². The third-order valence-electron chi connectivity index (χ3n) is 3.02. The maximum atomic E-state index is 12.4. The van der Waals surface area contributed by atoms with Gasteiger partial charge in [-0.25, -0.2) is 0 Å². The molecule has 21 heavy (non-hydrogen) atoms. The molecule has 0 aromatic heterocycles. The van der Waals surface area contributed by atoms with Crippen molar-refractivity contribution in [3.8, 4) is 11.5 Å². The lowest BCUT2D eigenvalue weighted by atomic mass is 10.0. The van der Waals surface area contributed by atoms with Gasteiger partial charge in [0, 0.05) is 16.8 Å². The molecule has 0 saturated carbocycles. The van der Waals surface area contributed by atoms with Gasteiger partial charge in [0.1, 0.15) is 0 Å². The Balaban J connectivity index is 2.28.